The van der Waals surface area contributed by atoms with Gasteiger partial charge in [-0.25, -0.2) is 13.4 Å². The number of aliphatic carboxylic acids is 1. The number of aryl methyl sites for hydroxylation is 1. The first-order valence-corrected chi connectivity index (χ1v) is 9.04. The van der Waals surface area contributed by atoms with E-state index in [1.54, 1.807) is 11.3 Å². The van der Waals surface area contributed by atoms with E-state index in [-0.39, 0.29) is 0 Å². The highest BCUT2D eigenvalue weighted by Gasteiger charge is 2.35. The summed E-state index contributed by atoms with van der Waals surface area (Å²) in [7, 11) is -3.76. The van der Waals surface area contributed by atoms with E-state index in [0.29, 0.717) is 32.7 Å². The van der Waals surface area contributed by atoms with Gasteiger partial charge in [-0.1, -0.05) is 0 Å². The van der Waals surface area contributed by atoms with Crippen LogP contribution in [0.3, 0.4) is 0 Å². The molecule has 1 aliphatic heterocycles. The summed E-state index contributed by atoms with van der Waals surface area (Å²) >= 11 is 1.60. The van der Waals surface area contributed by atoms with Crippen LogP contribution in [0.4, 0.5) is 0 Å². The topological polar surface area (TPSA) is 90.8 Å². The van der Waals surface area contributed by atoms with Crippen molar-refractivity contribution >= 4 is 27.3 Å². The number of nitrogens with zero attached hydrogens (tertiary/aromatic N) is 3. The van der Waals surface area contributed by atoms with E-state index in [2.05, 4.69) is 9.88 Å². The Morgan fingerprint density at radius 2 is 2.05 bits per heavy atom. The zero-order valence-electron chi connectivity index (χ0n) is 12.0. The molecule has 9 heteroatoms. The molecule has 1 atom stereocenters. The van der Waals surface area contributed by atoms with Gasteiger partial charge in [-0.15, -0.1) is 11.3 Å². The molecule has 0 saturated carbocycles. The van der Waals surface area contributed by atoms with Crippen LogP contribution in [0.15, 0.2) is 5.38 Å². The molecular formula is C12H19N3O4S2. The second-order valence-corrected chi connectivity index (χ2v) is 8.37. The van der Waals surface area contributed by atoms with Crippen LogP contribution in [-0.2, 0) is 21.4 Å². The number of sulfonamides is 1. The van der Waals surface area contributed by atoms with Gasteiger partial charge in [-0.05, 0) is 13.8 Å². The first-order chi connectivity index (χ1) is 9.80. The summed E-state index contributed by atoms with van der Waals surface area (Å²) in [5, 5.41) is 10.5. The number of piperazine rings is 1. The number of aromatic nitrogens is 1. The van der Waals surface area contributed by atoms with Crippen LogP contribution in [0.2, 0.25) is 0 Å². The summed E-state index contributed by atoms with van der Waals surface area (Å²) in [6.45, 7) is 5.68. The first-order valence-electron chi connectivity index (χ1n) is 6.66. The molecule has 1 aromatic rings. The van der Waals surface area contributed by atoms with Crippen LogP contribution in [0.1, 0.15) is 17.6 Å². The maximum Gasteiger partial charge on any atom is 0.323 e. The van der Waals surface area contributed by atoms with Crippen molar-refractivity contribution in [2.24, 2.45) is 0 Å². The van der Waals surface area contributed by atoms with Crippen LogP contribution in [0.5, 0.6) is 0 Å². The Balaban J connectivity index is 1.92. The van der Waals surface area contributed by atoms with Crippen LogP contribution in [0, 0.1) is 6.92 Å². The van der Waals surface area contributed by atoms with Crippen molar-refractivity contribution in [1.82, 2.24) is 14.2 Å². The van der Waals surface area contributed by atoms with Crippen molar-refractivity contribution in [1.29, 1.82) is 0 Å². The maximum atomic E-state index is 12.1. The number of hydrogen-bond acceptors (Lipinski definition) is 6. The Hall–Kier alpha value is -1.03. The van der Waals surface area contributed by atoms with Gasteiger partial charge in [-0.2, -0.15) is 4.31 Å². The molecule has 1 unspecified atom stereocenters. The van der Waals surface area contributed by atoms with Gasteiger partial charge in [0.05, 0.1) is 10.7 Å². The number of rotatable bonds is 5. The smallest absolute Gasteiger partial charge is 0.323 e. The molecular weight excluding hydrogens is 314 g/mol. The van der Waals surface area contributed by atoms with E-state index in [4.69, 9.17) is 5.11 Å². The second-order valence-electron chi connectivity index (χ2n) is 5.06. The predicted molar refractivity (Wildman–Crippen MR) is 79.7 cm³/mol. The fourth-order valence-corrected chi connectivity index (χ4v) is 4.18. The molecule has 0 aliphatic carbocycles. The molecule has 2 heterocycles. The van der Waals surface area contributed by atoms with Crippen LogP contribution in [-0.4, -0.2) is 65.1 Å². The summed E-state index contributed by atoms with van der Waals surface area (Å²) in [4.78, 5) is 17.4. The summed E-state index contributed by atoms with van der Waals surface area (Å²) in [6, 6.07) is 0. The molecule has 118 valence electrons. The first kappa shape index (κ1) is 16.3. The Bertz CT molecular complexity index is 606. The molecule has 21 heavy (non-hydrogen) atoms. The highest BCUT2D eigenvalue weighted by Crippen LogP contribution is 2.16. The zero-order valence-corrected chi connectivity index (χ0v) is 13.7. The SMILES string of the molecule is Cc1nc(CN2CCN(S(=O)(=O)C(C)C(=O)O)CC2)cs1. The van der Waals surface area contributed by atoms with Crippen molar-refractivity contribution in [3.8, 4) is 0 Å². The van der Waals surface area contributed by atoms with Crippen molar-refractivity contribution < 1.29 is 18.3 Å². The number of hydrogen-bond donors (Lipinski definition) is 1. The molecule has 1 N–H and O–H groups in total. The minimum absolute atomic E-state index is 0.322. The summed E-state index contributed by atoms with van der Waals surface area (Å²) in [5.41, 5.74) is 0.993. The van der Waals surface area contributed by atoms with Gasteiger partial charge in [0.1, 0.15) is 0 Å². The normalized spacial score (nSPS) is 19.5. The minimum atomic E-state index is -3.76. The van der Waals surface area contributed by atoms with Crippen molar-refractivity contribution in [3.63, 3.8) is 0 Å². The van der Waals surface area contributed by atoms with Gasteiger partial charge in [0.15, 0.2) is 5.25 Å². The standard InChI is InChI=1S/C12H19N3O4S2/c1-9(12(16)17)21(18,19)15-5-3-14(4-6-15)7-11-8-20-10(2)13-11/h8-9H,3-7H2,1-2H3,(H,16,17). The average molecular weight is 333 g/mol. The number of thiazole rings is 1. The van der Waals surface area contributed by atoms with Crippen LogP contribution < -0.4 is 0 Å². The van der Waals surface area contributed by atoms with E-state index < -0.39 is 21.2 Å². The summed E-state index contributed by atoms with van der Waals surface area (Å²) < 4.78 is 25.5. The van der Waals surface area contributed by atoms with E-state index in [0.717, 1.165) is 10.7 Å². The monoisotopic (exact) mass is 333 g/mol. The lowest BCUT2D eigenvalue weighted by Crippen LogP contribution is -2.51. The van der Waals surface area contributed by atoms with Gasteiger partial charge < -0.3 is 5.11 Å². The van der Waals surface area contributed by atoms with Crippen molar-refractivity contribution in [2.45, 2.75) is 25.6 Å². The molecule has 0 aromatic carbocycles. The lowest BCUT2D eigenvalue weighted by atomic mass is 10.3. The third kappa shape index (κ3) is 3.79. The van der Waals surface area contributed by atoms with E-state index >= 15 is 0 Å². The lowest BCUT2D eigenvalue weighted by molar-refractivity contribution is -0.136. The fourth-order valence-electron chi connectivity index (χ4n) is 2.20. The van der Waals surface area contributed by atoms with Gasteiger partial charge in [0.2, 0.25) is 10.0 Å². The van der Waals surface area contributed by atoms with Gasteiger partial charge >= 0.3 is 5.97 Å². The highest BCUT2D eigenvalue weighted by molar-refractivity contribution is 7.90. The minimum Gasteiger partial charge on any atom is -0.480 e. The molecule has 1 saturated heterocycles. The maximum absolute atomic E-state index is 12.1. The number of carboxylic acids is 1. The molecule has 0 spiro atoms. The highest BCUT2D eigenvalue weighted by atomic mass is 32.2. The Kier molecular flexibility index (Phi) is 4.97. The number of carbonyl (C=O) groups is 1. The van der Waals surface area contributed by atoms with Crippen molar-refractivity contribution in [2.75, 3.05) is 26.2 Å². The van der Waals surface area contributed by atoms with E-state index in [1.807, 2.05) is 12.3 Å². The number of carboxylic acid groups (broad SMARTS) is 1. The molecule has 7 nitrogen and oxygen atoms in total. The Morgan fingerprint density at radius 3 is 2.52 bits per heavy atom. The molecule has 1 aliphatic rings. The fraction of sp³-hybridized carbons (Fsp3) is 0.667. The molecule has 0 bridgehead atoms. The van der Waals surface area contributed by atoms with Crippen LogP contribution in [0.25, 0.3) is 0 Å². The summed E-state index contributed by atoms with van der Waals surface area (Å²) in [5.74, 6) is -1.31. The Morgan fingerprint density at radius 1 is 1.43 bits per heavy atom. The van der Waals surface area contributed by atoms with Gasteiger partial charge in [-0.3, -0.25) is 9.69 Å². The van der Waals surface area contributed by atoms with Crippen molar-refractivity contribution in [3.05, 3.63) is 16.1 Å². The molecule has 1 fully saturated rings. The van der Waals surface area contributed by atoms with E-state index in [1.165, 1.54) is 11.2 Å². The third-order valence-corrected chi connectivity index (χ3v) is 6.54. The van der Waals surface area contributed by atoms with Gasteiger partial charge in [0, 0.05) is 38.1 Å². The molecule has 1 aromatic heterocycles. The lowest BCUT2D eigenvalue weighted by Gasteiger charge is -2.34. The van der Waals surface area contributed by atoms with Gasteiger partial charge in [0.25, 0.3) is 0 Å². The molecule has 0 radical (unpaired) electrons. The Labute approximate surface area is 128 Å². The second kappa shape index (κ2) is 6.39. The quantitative estimate of drug-likeness (QED) is 0.837. The molecule has 2 rings (SSSR count). The van der Waals surface area contributed by atoms with E-state index in [9.17, 15) is 13.2 Å². The molecule has 0 amide bonds. The van der Waals surface area contributed by atoms with Crippen LogP contribution >= 0.6 is 11.3 Å². The third-order valence-electron chi connectivity index (χ3n) is 3.54. The summed E-state index contributed by atoms with van der Waals surface area (Å²) in [6.07, 6.45) is 0. The average Bonchev–Trinajstić information content (AvgIpc) is 2.83. The predicted octanol–water partition coefficient (Wildman–Crippen LogP) is 0.372. The zero-order chi connectivity index (χ0) is 15.6. The largest absolute Gasteiger partial charge is 0.480 e.